The van der Waals surface area contributed by atoms with Gasteiger partial charge in [-0.2, -0.15) is 0 Å². The van der Waals surface area contributed by atoms with Crippen molar-refractivity contribution in [2.75, 3.05) is 26.2 Å². The largest absolute Gasteiger partial charge is 0.356 e. The number of halogens is 1. The zero-order valence-corrected chi connectivity index (χ0v) is 14.9. The molecule has 2 heterocycles. The summed E-state index contributed by atoms with van der Waals surface area (Å²) in [5, 5.41) is 6.47. The molecule has 0 aromatic carbocycles. The molecule has 1 aliphatic carbocycles. The monoisotopic (exact) mass is 343 g/mol. The fourth-order valence-electron chi connectivity index (χ4n) is 3.72. The number of hydrogen-bond acceptors (Lipinski definition) is 3. The highest BCUT2D eigenvalue weighted by atomic mass is 35.5. The fourth-order valence-corrected chi connectivity index (χ4v) is 3.72. The Morgan fingerprint density at radius 1 is 1.17 bits per heavy atom. The lowest BCUT2D eigenvalue weighted by Gasteiger charge is -2.36. The summed E-state index contributed by atoms with van der Waals surface area (Å²) in [6, 6.07) is 0.421. The molecule has 1 unspecified atom stereocenters. The van der Waals surface area contributed by atoms with Gasteiger partial charge in [0.2, 0.25) is 11.8 Å². The molecule has 2 amide bonds. The van der Waals surface area contributed by atoms with Crippen molar-refractivity contribution in [2.24, 2.45) is 17.8 Å². The summed E-state index contributed by atoms with van der Waals surface area (Å²) in [6.07, 6.45) is 6.23. The van der Waals surface area contributed by atoms with Crippen LogP contribution in [-0.2, 0) is 9.59 Å². The third-order valence-corrected chi connectivity index (χ3v) is 5.34. The SMILES string of the molecule is C[C@H]1C[C@@H](C(=O)N2CCCC(C(=O)NCC3CC3)C2)CCN1.Cl. The van der Waals surface area contributed by atoms with Crippen LogP contribution in [-0.4, -0.2) is 48.9 Å². The Morgan fingerprint density at radius 2 is 1.96 bits per heavy atom. The molecule has 0 spiro atoms. The van der Waals surface area contributed by atoms with Crippen LogP contribution in [0, 0.1) is 17.8 Å². The molecular weight excluding hydrogens is 314 g/mol. The second-order valence-corrected chi connectivity index (χ2v) is 7.39. The number of amides is 2. The standard InChI is InChI=1S/C17H29N3O2.ClH/c1-12-9-14(6-7-18-12)17(22)20-8-2-3-15(11-20)16(21)19-10-13-4-5-13;/h12-15,18H,2-11H2,1H3,(H,19,21);1H/t12-,14-,15?;/m0./s1. The van der Waals surface area contributed by atoms with Gasteiger partial charge in [0.1, 0.15) is 0 Å². The zero-order chi connectivity index (χ0) is 15.5. The maximum absolute atomic E-state index is 12.7. The van der Waals surface area contributed by atoms with Crippen molar-refractivity contribution in [2.45, 2.75) is 51.5 Å². The van der Waals surface area contributed by atoms with Gasteiger partial charge >= 0.3 is 0 Å². The molecule has 2 N–H and O–H groups in total. The summed E-state index contributed by atoms with van der Waals surface area (Å²) in [5.41, 5.74) is 0. The summed E-state index contributed by atoms with van der Waals surface area (Å²) in [6.45, 7) is 5.34. The van der Waals surface area contributed by atoms with Gasteiger partial charge < -0.3 is 15.5 Å². The normalized spacial score (nSPS) is 31.2. The van der Waals surface area contributed by atoms with E-state index >= 15 is 0 Å². The summed E-state index contributed by atoms with van der Waals surface area (Å²) in [5.74, 6) is 1.28. The van der Waals surface area contributed by atoms with E-state index in [0.717, 1.165) is 45.3 Å². The predicted octanol–water partition coefficient (Wildman–Crippen LogP) is 1.56. The van der Waals surface area contributed by atoms with Crippen LogP contribution in [0.5, 0.6) is 0 Å². The number of nitrogens with zero attached hydrogens (tertiary/aromatic N) is 1. The molecule has 2 saturated heterocycles. The van der Waals surface area contributed by atoms with Crippen molar-refractivity contribution < 1.29 is 9.59 Å². The number of likely N-dealkylation sites (tertiary alicyclic amines) is 1. The smallest absolute Gasteiger partial charge is 0.225 e. The summed E-state index contributed by atoms with van der Waals surface area (Å²) < 4.78 is 0. The third kappa shape index (κ3) is 5.08. The molecule has 3 fully saturated rings. The Morgan fingerprint density at radius 3 is 2.65 bits per heavy atom. The molecule has 0 radical (unpaired) electrons. The van der Waals surface area contributed by atoms with E-state index in [1.807, 2.05) is 4.90 Å². The minimum atomic E-state index is -0.00408. The van der Waals surface area contributed by atoms with E-state index in [9.17, 15) is 9.59 Å². The molecule has 5 nitrogen and oxygen atoms in total. The van der Waals surface area contributed by atoms with Gasteiger partial charge in [0.05, 0.1) is 5.92 Å². The first-order valence-corrected chi connectivity index (χ1v) is 8.93. The second kappa shape index (κ2) is 8.34. The van der Waals surface area contributed by atoms with Gasteiger partial charge in [0.15, 0.2) is 0 Å². The molecule has 0 bridgehead atoms. The lowest BCUT2D eigenvalue weighted by molar-refractivity contribution is -0.140. The van der Waals surface area contributed by atoms with Crippen molar-refractivity contribution in [1.29, 1.82) is 0 Å². The van der Waals surface area contributed by atoms with E-state index < -0.39 is 0 Å². The van der Waals surface area contributed by atoms with Crippen LogP contribution < -0.4 is 10.6 Å². The fraction of sp³-hybridized carbons (Fsp3) is 0.882. The highest BCUT2D eigenvalue weighted by molar-refractivity contribution is 5.85. The van der Waals surface area contributed by atoms with Gasteiger partial charge in [-0.3, -0.25) is 9.59 Å². The van der Waals surface area contributed by atoms with Gasteiger partial charge in [0, 0.05) is 31.6 Å². The first-order valence-electron chi connectivity index (χ1n) is 8.93. The zero-order valence-electron chi connectivity index (χ0n) is 14.1. The molecule has 23 heavy (non-hydrogen) atoms. The van der Waals surface area contributed by atoms with Crippen LogP contribution in [0.3, 0.4) is 0 Å². The lowest BCUT2D eigenvalue weighted by Crippen LogP contribution is -2.49. The van der Waals surface area contributed by atoms with Crippen LogP contribution in [0.4, 0.5) is 0 Å². The maximum Gasteiger partial charge on any atom is 0.225 e. The Balaban J connectivity index is 0.00000192. The summed E-state index contributed by atoms with van der Waals surface area (Å²) in [7, 11) is 0. The Bertz CT molecular complexity index is 428. The number of nitrogens with one attached hydrogen (secondary N) is 2. The van der Waals surface area contributed by atoms with Crippen LogP contribution in [0.2, 0.25) is 0 Å². The Hall–Kier alpha value is -0.810. The minimum absolute atomic E-state index is 0. The first-order chi connectivity index (χ1) is 10.6. The summed E-state index contributed by atoms with van der Waals surface area (Å²) in [4.78, 5) is 26.9. The van der Waals surface area contributed by atoms with Gasteiger partial charge in [-0.25, -0.2) is 0 Å². The lowest BCUT2D eigenvalue weighted by atomic mass is 9.90. The van der Waals surface area contributed by atoms with Gasteiger partial charge in [0.25, 0.3) is 0 Å². The second-order valence-electron chi connectivity index (χ2n) is 7.39. The van der Waals surface area contributed by atoms with Crippen molar-refractivity contribution in [3.63, 3.8) is 0 Å². The molecule has 1 saturated carbocycles. The maximum atomic E-state index is 12.7. The third-order valence-electron chi connectivity index (χ3n) is 5.34. The predicted molar refractivity (Wildman–Crippen MR) is 92.5 cm³/mol. The molecule has 6 heteroatoms. The minimum Gasteiger partial charge on any atom is -0.356 e. The van der Waals surface area contributed by atoms with Crippen LogP contribution in [0.1, 0.15) is 45.4 Å². The van der Waals surface area contributed by atoms with E-state index in [1.165, 1.54) is 12.8 Å². The number of carbonyl (C=O) groups is 2. The Kier molecular flexibility index (Phi) is 6.72. The van der Waals surface area contributed by atoms with E-state index in [-0.39, 0.29) is 36.1 Å². The van der Waals surface area contributed by atoms with Crippen molar-refractivity contribution in [3.8, 4) is 0 Å². The Labute approximate surface area is 145 Å². The highest BCUT2D eigenvalue weighted by Gasteiger charge is 2.33. The average Bonchev–Trinajstić information content (AvgIpc) is 3.36. The number of rotatable bonds is 4. The topological polar surface area (TPSA) is 61.4 Å². The van der Waals surface area contributed by atoms with Crippen LogP contribution >= 0.6 is 12.4 Å². The van der Waals surface area contributed by atoms with Crippen molar-refractivity contribution in [3.05, 3.63) is 0 Å². The molecule has 0 aromatic rings. The molecule has 3 rings (SSSR count). The first kappa shape index (κ1) is 18.5. The van der Waals surface area contributed by atoms with Crippen LogP contribution in [0.25, 0.3) is 0 Å². The van der Waals surface area contributed by atoms with Crippen LogP contribution in [0.15, 0.2) is 0 Å². The molecule has 132 valence electrons. The van der Waals surface area contributed by atoms with E-state index in [1.54, 1.807) is 0 Å². The number of carbonyl (C=O) groups excluding carboxylic acids is 2. The van der Waals surface area contributed by atoms with E-state index in [4.69, 9.17) is 0 Å². The van der Waals surface area contributed by atoms with Gasteiger partial charge in [-0.1, -0.05) is 0 Å². The molecule has 3 atom stereocenters. The molecule has 3 aliphatic rings. The van der Waals surface area contributed by atoms with Crippen molar-refractivity contribution >= 4 is 24.2 Å². The highest BCUT2D eigenvalue weighted by Crippen LogP contribution is 2.28. The quantitative estimate of drug-likeness (QED) is 0.814. The van der Waals surface area contributed by atoms with E-state index in [2.05, 4.69) is 17.6 Å². The van der Waals surface area contributed by atoms with Gasteiger partial charge in [-0.15, -0.1) is 12.4 Å². The molecule has 2 aliphatic heterocycles. The van der Waals surface area contributed by atoms with Gasteiger partial charge in [-0.05, 0) is 57.9 Å². The van der Waals surface area contributed by atoms with Crippen molar-refractivity contribution in [1.82, 2.24) is 15.5 Å². The number of piperidine rings is 2. The van der Waals surface area contributed by atoms with E-state index in [0.29, 0.717) is 18.5 Å². The molecular formula is C17H30ClN3O2. The number of hydrogen-bond donors (Lipinski definition) is 2. The average molecular weight is 344 g/mol. The molecule has 0 aromatic heterocycles. The summed E-state index contributed by atoms with van der Waals surface area (Å²) >= 11 is 0.